The van der Waals surface area contributed by atoms with Gasteiger partial charge in [0.25, 0.3) is 0 Å². The van der Waals surface area contributed by atoms with Gasteiger partial charge in [-0.25, -0.2) is 19.4 Å². The number of ether oxygens (including phenoxy) is 3. The summed E-state index contributed by atoms with van der Waals surface area (Å²) in [6.45, 7) is 6.20. The normalized spacial score (nSPS) is 16.9. The summed E-state index contributed by atoms with van der Waals surface area (Å²) in [7, 11) is 0. The molecular formula is C22H31N3O7S. The number of nitrogens with zero attached hydrogens (tertiary/aromatic N) is 2. The highest BCUT2D eigenvalue weighted by molar-refractivity contribution is 8.00. The van der Waals surface area contributed by atoms with Crippen molar-refractivity contribution >= 4 is 41.6 Å². The Bertz CT molecular complexity index is 814. The van der Waals surface area contributed by atoms with E-state index in [9.17, 15) is 19.2 Å². The van der Waals surface area contributed by atoms with Crippen molar-refractivity contribution < 1.29 is 33.4 Å². The zero-order valence-electron chi connectivity index (χ0n) is 19.2. The third kappa shape index (κ3) is 7.62. The van der Waals surface area contributed by atoms with Crippen LogP contribution in [0.3, 0.4) is 0 Å². The molecule has 182 valence electrons. The molecule has 1 saturated heterocycles. The molecule has 3 amide bonds. The molecule has 2 rings (SSSR count). The number of imide groups is 1. The van der Waals surface area contributed by atoms with Crippen LogP contribution in [-0.4, -0.2) is 60.2 Å². The van der Waals surface area contributed by atoms with E-state index in [0.717, 1.165) is 17.7 Å². The first-order valence-corrected chi connectivity index (χ1v) is 12.1. The van der Waals surface area contributed by atoms with Gasteiger partial charge in [0.05, 0.1) is 19.8 Å². The SMILES string of the molecule is CCCCOC(=O)N(C(=O)OCCCC)c1cc(CS[C@H]2C(=O)N[C@@H]2C(=O)OCC)ccn1. The Labute approximate surface area is 197 Å². The quantitative estimate of drug-likeness (QED) is 0.207. The van der Waals surface area contributed by atoms with Gasteiger partial charge in [-0.2, -0.15) is 4.90 Å². The number of carbonyl (C=O) groups is 4. The van der Waals surface area contributed by atoms with E-state index in [1.807, 2.05) is 13.8 Å². The molecule has 11 heteroatoms. The number of hydrogen-bond acceptors (Lipinski definition) is 9. The molecule has 1 fully saturated rings. The molecule has 1 aliphatic heterocycles. The second-order valence-corrected chi connectivity index (χ2v) is 8.39. The molecule has 2 atom stereocenters. The van der Waals surface area contributed by atoms with Crippen molar-refractivity contribution in [2.45, 2.75) is 63.5 Å². The lowest BCUT2D eigenvalue weighted by Crippen LogP contribution is -2.64. The summed E-state index contributed by atoms with van der Waals surface area (Å²) in [5, 5.41) is 1.97. The minimum atomic E-state index is -0.858. The summed E-state index contributed by atoms with van der Waals surface area (Å²) < 4.78 is 15.4. The minimum Gasteiger partial charge on any atom is -0.464 e. The van der Waals surface area contributed by atoms with Crippen molar-refractivity contribution in [2.24, 2.45) is 0 Å². The highest BCUT2D eigenvalue weighted by Gasteiger charge is 2.45. The van der Waals surface area contributed by atoms with Gasteiger partial charge in [-0.1, -0.05) is 26.7 Å². The number of thioether (sulfide) groups is 1. The van der Waals surface area contributed by atoms with Gasteiger partial charge in [0.2, 0.25) is 5.91 Å². The van der Waals surface area contributed by atoms with Crippen LogP contribution in [0.15, 0.2) is 18.3 Å². The maximum Gasteiger partial charge on any atom is 0.425 e. The number of rotatable bonds is 12. The van der Waals surface area contributed by atoms with Gasteiger partial charge >= 0.3 is 18.2 Å². The van der Waals surface area contributed by atoms with E-state index in [-0.39, 0.29) is 31.5 Å². The molecule has 1 N–H and O–H groups in total. The monoisotopic (exact) mass is 481 g/mol. The fraction of sp³-hybridized carbons (Fsp3) is 0.591. The molecule has 0 unspecified atom stereocenters. The van der Waals surface area contributed by atoms with E-state index in [1.165, 1.54) is 18.0 Å². The number of carbonyl (C=O) groups excluding carboxylic acids is 4. The Kier molecular flexibility index (Phi) is 10.9. The fourth-order valence-corrected chi connectivity index (χ4v) is 3.95. The van der Waals surface area contributed by atoms with E-state index < -0.39 is 29.4 Å². The maximum absolute atomic E-state index is 12.6. The number of anilines is 1. The Morgan fingerprint density at radius 1 is 1.06 bits per heavy atom. The summed E-state index contributed by atoms with van der Waals surface area (Å²) in [6, 6.07) is 2.57. The number of pyridine rings is 1. The second kappa shape index (κ2) is 13.7. The van der Waals surface area contributed by atoms with Crippen molar-refractivity contribution in [2.75, 3.05) is 24.7 Å². The largest absolute Gasteiger partial charge is 0.464 e. The fourth-order valence-electron chi connectivity index (χ4n) is 2.81. The lowest BCUT2D eigenvalue weighted by molar-refractivity contribution is -0.152. The van der Waals surface area contributed by atoms with E-state index in [0.29, 0.717) is 24.2 Å². The van der Waals surface area contributed by atoms with Crippen molar-refractivity contribution in [1.82, 2.24) is 10.3 Å². The van der Waals surface area contributed by atoms with Gasteiger partial charge in [-0.05, 0) is 37.5 Å². The predicted molar refractivity (Wildman–Crippen MR) is 123 cm³/mol. The molecule has 0 aliphatic carbocycles. The molecule has 0 aromatic carbocycles. The summed E-state index contributed by atoms with van der Waals surface area (Å²) in [6.07, 6.45) is 2.74. The molecule has 0 bridgehead atoms. The number of nitrogens with one attached hydrogen (secondary N) is 1. The van der Waals surface area contributed by atoms with Crippen molar-refractivity contribution in [3.8, 4) is 0 Å². The van der Waals surface area contributed by atoms with Crippen molar-refractivity contribution in [3.05, 3.63) is 23.9 Å². The Morgan fingerprint density at radius 2 is 1.70 bits per heavy atom. The first kappa shape index (κ1) is 26.4. The summed E-state index contributed by atoms with van der Waals surface area (Å²) in [5.74, 6) is -0.294. The summed E-state index contributed by atoms with van der Waals surface area (Å²) in [4.78, 5) is 53.9. The Morgan fingerprint density at radius 3 is 2.24 bits per heavy atom. The lowest BCUT2D eigenvalue weighted by atomic mass is 10.1. The van der Waals surface area contributed by atoms with E-state index in [4.69, 9.17) is 14.2 Å². The third-order valence-electron chi connectivity index (χ3n) is 4.68. The molecule has 2 heterocycles. The lowest BCUT2D eigenvalue weighted by Gasteiger charge is -2.34. The molecular weight excluding hydrogens is 450 g/mol. The Hall–Kier alpha value is -2.82. The second-order valence-electron chi connectivity index (χ2n) is 7.26. The molecule has 0 radical (unpaired) electrons. The minimum absolute atomic E-state index is 0.0658. The molecule has 1 aromatic rings. The third-order valence-corrected chi connectivity index (χ3v) is 6.03. The zero-order valence-corrected chi connectivity index (χ0v) is 20.0. The van der Waals surface area contributed by atoms with Crippen molar-refractivity contribution in [1.29, 1.82) is 0 Å². The predicted octanol–water partition coefficient (Wildman–Crippen LogP) is 3.42. The average molecular weight is 482 g/mol. The maximum atomic E-state index is 12.6. The van der Waals surface area contributed by atoms with Crippen LogP contribution in [0.4, 0.5) is 15.4 Å². The Balaban J connectivity index is 2.10. The van der Waals surface area contributed by atoms with Gasteiger partial charge in [0.15, 0.2) is 0 Å². The summed E-state index contributed by atoms with van der Waals surface area (Å²) in [5.41, 5.74) is 0.708. The molecule has 1 aliphatic rings. The van der Waals surface area contributed by atoms with Gasteiger partial charge in [-0.15, -0.1) is 11.8 Å². The van der Waals surface area contributed by atoms with Crippen LogP contribution >= 0.6 is 11.8 Å². The van der Waals surface area contributed by atoms with Crippen LogP contribution in [0.25, 0.3) is 0 Å². The van der Waals surface area contributed by atoms with Crippen LogP contribution in [0, 0.1) is 0 Å². The molecule has 0 spiro atoms. The number of hydrogen-bond donors (Lipinski definition) is 1. The van der Waals surface area contributed by atoms with Gasteiger partial charge < -0.3 is 19.5 Å². The molecule has 33 heavy (non-hydrogen) atoms. The number of aromatic nitrogens is 1. The van der Waals surface area contributed by atoms with E-state index >= 15 is 0 Å². The number of esters is 1. The van der Waals surface area contributed by atoms with Crippen molar-refractivity contribution in [3.63, 3.8) is 0 Å². The van der Waals surface area contributed by atoms with Gasteiger partial charge in [-0.3, -0.25) is 4.79 Å². The first-order chi connectivity index (χ1) is 15.9. The smallest absolute Gasteiger partial charge is 0.425 e. The molecule has 0 saturated carbocycles. The van der Waals surface area contributed by atoms with Crippen LogP contribution in [-0.2, 0) is 29.6 Å². The first-order valence-electron chi connectivity index (χ1n) is 11.1. The molecule has 10 nitrogen and oxygen atoms in total. The number of β-lactam (4-membered cyclic amide) rings is 1. The van der Waals surface area contributed by atoms with Crippen LogP contribution in [0.2, 0.25) is 0 Å². The highest BCUT2D eigenvalue weighted by atomic mass is 32.2. The average Bonchev–Trinajstić information content (AvgIpc) is 2.78. The number of unbranched alkanes of at least 4 members (excludes halogenated alkanes) is 2. The zero-order chi connectivity index (χ0) is 24.2. The standard InChI is InChI=1S/C22H31N3O7S/c1-4-7-11-31-21(28)25(22(29)32-12-8-5-2)16-13-15(9-10-23-16)14-33-18-17(24-19(18)26)20(27)30-6-3/h9-10,13,17-18H,4-8,11-12,14H2,1-3H3,(H,24,26)/t17-,18+/m0/s1. The highest BCUT2D eigenvalue weighted by Crippen LogP contribution is 2.28. The van der Waals surface area contributed by atoms with Gasteiger partial charge in [0, 0.05) is 11.9 Å². The van der Waals surface area contributed by atoms with Crippen LogP contribution in [0.1, 0.15) is 52.0 Å². The number of amides is 3. The van der Waals surface area contributed by atoms with E-state index in [1.54, 1.807) is 19.1 Å². The topological polar surface area (TPSA) is 124 Å². The summed E-state index contributed by atoms with van der Waals surface area (Å²) >= 11 is 1.27. The van der Waals surface area contributed by atoms with Crippen LogP contribution in [0.5, 0.6) is 0 Å². The van der Waals surface area contributed by atoms with E-state index in [2.05, 4.69) is 10.3 Å². The van der Waals surface area contributed by atoms with Crippen LogP contribution < -0.4 is 10.2 Å². The molecule has 1 aromatic heterocycles. The van der Waals surface area contributed by atoms with Gasteiger partial charge in [0.1, 0.15) is 17.1 Å².